The first-order valence-electron chi connectivity index (χ1n) is 3.79. The van der Waals surface area contributed by atoms with E-state index in [0.717, 1.165) is 0 Å². The average Bonchev–Trinajstić information content (AvgIpc) is 2.26. The highest BCUT2D eigenvalue weighted by Gasteiger charge is 2.19. The first kappa shape index (κ1) is 11.9. The van der Waals surface area contributed by atoms with Gasteiger partial charge in [-0.1, -0.05) is 23.4 Å². The first-order valence-corrected chi connectivity index (χ1v) is 5.39. The third-order valence-electron chi connectivity index (χ3n) is 1.56. The van der Waals surface area contributed by atoms with E-state index in [9.17, 15) is 9.59 Å². The van der Waals surface area contributed by atoms with Gasteiger partial charge in [0.15, 0.2) is 11.4 Å². The van der Waals surface area contributed by atoms with Crippen molar-refractivity contribution in [1.29, 1.82) is 0 Å². The molecule has 0 N–H and O–H groups in total. The van der Waals surface area contributed by atoms with Crippen molar-refractivity contribution in [2.75, 3.05) is 13.4 Å². The van der Waals surface area contributed by atoms with E-state index in [2.05, 4.69) is 14.7 Å². The Kier molecular flexibility index (Phi) is 4.05. The summed E-state index contributed by atoms with van der Waals surface area (Å²) in [5, 5.41) is 0.248. The number of halogens is 1. The number of hydrogen-bond donors (Lipinski definition) is 0. The molecule has 0 atom stereocenters. The van der Waals surface area contributed by atoms with Crippen molar-refractivity contribution < 1.29 is 14.3 Å². The van der Waals surface area contributed by atoms with Crippen LogP contribution in [0.15, 0.2) is 5.16 Å². The summed E-state index contributed by atoms with van der Waals surface area (Å²) < 4.78 is 4.46. The van der Waals surface area contributed by atoms with E-state index in [1.54, 1.807) is 6.26 Å². The second-order valence-electron chi connectivity index (χ2n) is 2.37. The van der Waals surface area contributed by atoms with Crippen molar-refractivity contribution in [3.8, 4) is 0 Å². The number of hydrogen-bond acceptors (Lipinski definition) is 6. The Hall–Kier alpha value is -1.14. The summed E-state index contributed by atoms with van der Waals surface area (Å²) in [4.78, 5) is 29.6. The second-order valence-corrected chi connectivity index (χ2v) is 3.50. The predicted molar refractivity (Wildman–Crippen MR) is 55.6 cm³/mol. The largest absolute Gasteiger partial charge is 0.465 e. The Bertz CT molecular complexity index is 411. The Balaban J connectivity index is 3.37. The maximum absolute atomic E-state index is 11.3. The molecule has 80 valence electrons. The van der Waals surface area contributed by atoms with Crippen molar-refractivity contribution in [3.05, 3.63) is 16.4 Å². The van der Waals surface area contributed by atoms with E-state index in [1.165, 1.54) is 18.9 Å². The highest BCUT2D eigenvalue weighted by Crippen LogP contribution is 2.20. The van der Waals surface area contributed by atoms with Gasteiger partial charge in [-0.05, 0) is 6.26 Å². The molecule has 0 unspecified atom stereocenters. The monoisotopic (exact) mass is 246 g/mol. The van der Waals surface area contributed by atoms with Crippen molar-refractivity contribution >= 4 is 35.6 Å². The van der Waals surface area contributed by atoms with Crippen molar-refractivity contribution in [1.82, 2.24) is 9.97 Å². The number of esters is 1. The molecule has 0 saturated carbocycles. The molecule has 5 nitrogen and oxygen atoms in total. The van der Waals surface area contributed by atoms with E-state index in [1.807, 2.05) is 0 Å². The molecule has 0 saturated heterocycles. The highest BCUT2D eigenvalue weighted by atomic mass is 35.5. The fraction of sp³-hybridized carbons (Fsp3) is 0.250. The van der Waals surface area contributed by atoms with Gasteiger partial charge in [-0.25, -0.2) is 14.8 Å². The highest BCUT2D eigenvalue weighted by molar-refractivity contribution is 7.98. The number of aldehydes is 1. The molecule has 15 heavy (non-hydrogen) atoms. The Morgan fingerprint density at radius 2 is 2.20 bits per heavy atom. The van der Waals surface area contributed by atoms with Crippen LogP contribution in [0, 0.1) is 0 Å². The van der Waals surface area contributed by atoms with Gasteiger partial charge in [0.05, 0.1) is 7.11 Å². The maximum Gasteiger partial charge on any atom is 0.343 e. The average molecular weight is 247 g/mol. The maximum atomic E-state index is 11.3. The molecule has 7 heteroatoms. The zero-order chi connectivity index (χ0) is 11.4. The van der Waals surface area contributed by atoms with Gasteiger partial charge in [-0.3, -0.25) is 4.79 Å². The van der Waals surface area contributed by atoms with E-state index in [0.29, 0.717) is 11.4 Å². The zero-order valence-electron chi connectivity index (χ0n) is 7.98. The second kappa shape index (κ2) is 5.09. The molecule has 0 bridgehead atoms. The van der Waals surface area contributed by atoms with Gasteiger partial charge < -0.3 is 4.74 Å². The summed E-state index contributed by atoms with van der Waals surface area (Å²) in [5.41, 5.74) is -0.168. The number of methoxy groups -OCH3 is 1. The molecule has 0 aliphatic carbocycles. The van der Waals surface area contributed by atoms with Crippen LogP contribution in [0.5, 0.6) is 0 Å². The van der Waals surface area contributed by atoms with Crippen LogP contribution in [0.25, 0.3) is 0 Å². The van der Waals surface area contributed by atoms with Gasteiger partial charge in [-0.2, -0.15) is 0 Å². The topological polar surface area (TPSA) is 69.2 Å². The summed E-state index contributed by atoms with van der Waals surface area (Å²) in [5.74, 6) is -0.727. The molecule has 1 aromatic heterocycles. The summed E-state index contributed by atoms with van der Waals surface area (Å²) in [6.07, 6.45) is 2.18. The van der Waals surface area contributed by atoms with Crippen LogP contribution in [0.1, 0.15) is 20.8 Å². The van der Waals surface area contributed by atoms with Crippen molar-refractivity contribution in [2.45, 2.75) is 5.16 Å². The number of carbonyl (C=O) groups is 2. The van der Waals surface area contributed by atoms with E-state index >= 15 is 0 Å². The molecular weight excluding hydrogens is 240 g/mol. The molecule has 1 aromatic rings. The molecule has 0 spiro atoms. The van der Waals surface area contributed by atoms with Gasteiger partial charge in [0.2, 0.25) is 0 Å². The number of aromatic nitrogens is 2. The minimum absolute atomic E-state index is 0.0637. The summed E-state index contributed by atoms with van der Waals surface area (Å²) in [6, 6.07) is 0. The summed E-state index contributed by atoms with van der Waals surface area (Å²) >= 11 is 6.96. The predicted octanol–water partition coefficient (Wildman–Crippen LogP) is 1.45. The van der Waals surface area contributed by atoms with Crippen LogP contribution in [-0.4, -0.2) is 35.6 Å². The minimum Gasteiger partial charge on any atom is -0.465 e. The lowest BCUT2D eigenvalue weighted by atomic mass is 10.2. The Labute approximate surface area is 95.2 Å². The van der Waals surface area contributed by atoms with Crippen molar-refractivity contribution in [3.63, 3.8) is 0 Å². The SMILES string of the molecule is COC(=O)c1c(Cl)nc(SC)nc1C=O. The third kappa shape index (κ3) is 2.45. The smallest absolute Gasteiger partial charge is 0.343 e. The van der Waals surface area contributed by atoms with Crippen LogP contribution in [0.3, 0.4) is 0 Å². The number of thioether (sulfide) groups is 1. The standard InChI is InChI=1S/C8H7ClN2O3S/c1-14-7(13)5-4(3-12)10-8(15-2)11-6(5)9/h3H,1-2H3. The van der Waals surface area contributed by atoms with Gasteiger partial charge in [0, 0.05) is 0 Å². The Morgan fingerprint density at radius 1 is 1.53 bits per heavy atom. The lowest BCUT2D eigenvalue weighted by molar-refractivity contribution is 0.0597. The van der Waals surface area contributed by atoms with E-state index in [-0.39, 0.29) is 16.4 Å². The van der Waals surface area contributed by atoms with Crippen LogP contribution >= 0.6 is 23.4 Å². The van der Waals surface area contributed by atoms with Gasteiger partial charge >= 0.3 is 5.97 Å². The number of nitrogens with zero attached hydrogens (tertiary/aromatic N) is 2. The summed E-state index contributed by atoms with van der Waals surface area (Å²) in [6.45, 7) is 0. The van der Waals surface area contributed by atoms with Crippen LogP contribution in [0.4, 0.5) is 0 Å². The van der Waals surface area contributed by atoms with Crippen LogP contribution in [-0.2, 0) is 4.74 Å². The lowest BCUT2D eigenvalue weighted by Crippen LogP contribution is -2.10. The normalized spacial score (nSPS) is 9.80. The number of carbonyl (C=O) groups excluding carboxylic acids is 2. The zero-order valence-corrected chi connectivity index (χ0v) is 9.56. The summed E-state index contributed by atoms with van der Waals surface area (Å²) in [7, 11) is 1.19. The number of rotatable bonds is 3. The molecule has 0 aliphatic rings. The van der Waals surface area contributed by atoms with Crippen molar-refractivity contribution in [2.24, 2.45) is 0 Å². The molecule has 1 heterocycles. The lowest BCUT2D eigenvalue weighted by Gasteiger charge is -2.05. The van der Waals surface area contributed by atoms with Gasteiger partial charge in [0.25, 0.3) is 0 Å². The molecule has 0 amide bonds. The third-order valence-corrected chi connectivity index (χ3v) is 2.38. The fourth-order valence-electron chi connectivity index (χ4n) is 0.897. The first-order chi connectivity index (χ1) is 7.13. The minimum atomic E-state index is -0.727. The molecule has 0 radical (unpaired) electrons. The molecule has 0 aliphatic heterocycles. The molecule has 1 rings (SSSR count). The van der Waals surface area contributed by atoms with Crippen LogP contribution < -0.4 is 0 Å². The Morgan fingerprint density at radius 3 is 2.67 bits per heavy atom. The molecule has 0 aromatic carbocycles. The van der Waals surface area contributed by atoms with Crippen LogP contribution in [0.2, 0.25) is 5.15 Å². The van der Waals surface area contributed by atoms with E-state index < -0.39 is 5.97 Å². The molecular formula is C8H7ClN2O3S. The van der Waals surface area contributed by atoms with Gasteiger partial charge in [-0.15, -0.1) is 0 Å². The molecule has 0 fully saturated rings. The van der Waals surface area contributed by atoms with E-state index in [4.69, 9.17) is 11.6 Å². The quantitative estimate of drug-likeness (QED) is 0.264. The number of ether oxygens (including phenoxy) is 1. The fourth-order valence-corrected chi connectivity index (χ4v) is 1.57. The van der Waals surface area contributed by atoms with Gasteiger partial charge in [0.1, 0.15) is 16.4 Å².